The quantitative estimate of drug-likeness (QED) is 0.758. The minimum atomic E-state index is -0.0662. The third-order valence-electron chi connectivity index (χ3n) is 3.66. The number of rotatable bonds is 3. The fourth-order valence-corrected chi connectivity index (χ4v) is 3.36. The molecule has 3 rings (SSSR count). The molecular weight excluding hydrogens is 342 g/mol. The molecule has 122 valence electrons. The highest BCUT2D eigenvalue weighted by Crippen LogP contribution is 2.34. The van der Waals surface area contributed by atoms with Crippen molar-refractivity contribution in [2.24, 2.45) is 4.99 Å². The Hall–Kier alpha value is -2.11. The number of carbonyl (C=O) groups excluding carboxylic acids is 1. The molecule has 1 aliphatic rings. The van der Waals surface area contributed by atoms with Crippen molar-refractivity contribution in [3.8, 4) is 0 Å². The van der Waals surface area contributed by atoms with Crippen LogP contribution in [0.5, 0.6) is 0 Å². The standard InChI is InChI=1S/C18H16ClN3OS/c1-3-12-4-6-13(7-5-12)10-16-17(23)22(2)18(24-16)21-15-8-9-20-11-14(15)19/h4-11H,3H2,1-2H3/b16-10-,21-18?. The lowest BCUT2D eigenvalue weighted by Crippen LogP contribution is -2.23. The van der Waals surface area contributed by atoms with Crippen LogP contribution in [0.2, 0.25) is 5.02 Å². The fourth-order valence-electron chi connectivity index (χ4n) is 2.21. The van der Waals surface area contributed by atoms with Gasteiger partial charge in [-0.1, -0.05) is 42.8 Å². The molecule has 1 saturated heterocycles. The number of likely N-dealkylation sites (N-methyl/N-ethyl adjacent to an activating group) is 1. The van der Waals surface area contributed by atoms with Crippen LogP contribution in [0.25, 0.3) is 6.08 Å². The maximum atomic E-state index is 12.4. The molecule has 2 aromatic rings. The Morgan fingerprint density at radius 3 is 2.71 bits per heavy atom. The summed E-state index contributed by atoms with van der Waals surface area (Å²) in [7, 11) is 1.71. The van der Waals surface area contributed by atoms with Crippen LogP contribution in [0.15, 0.2) is 52.6 Å². The molecule has 0 N–H and O–H groups in total. The largest absolute Gasteiger partial charge is 0.290 e. The van der Waals surface area contributed by atoms with Gasteiger partial charge in [0, 0.05) is 19.4 Å². The van der Waals surface area contributed by atoms with Gasteiger partial charge in [-0.15, -0.1) is 0 Å². The van der Waals surface area contributed by atoms with Crippen molar-refractivity contribution in [2.45, 2.75) is 13.3 Å². The van der Waals surface area contributed by atoms with Crippen molar-refractivity contribution in [3.63, 3.8) is 0 Å². The lowest BCUT2D eigenvalue weighted by Gasteiger charge is -2.07. The predicted octanol–water partition coefficient (Wildman–Crippen LogP) is 4.53. The van der Waals surface area contributed by atoms with Gasteiger partial charge in [-0.05, 0) is 41.5 Å². The minimum Gasteiger partial charge on any atom is -0.290 e. The van der Waals surface area contributed by atoms with Gasteiger partial charge in [0.15, 0.2) is 5.17 Å². The number of aromatic nitrogens is 1. The molecule has 1 aliphatic heterocycles. The normalized spacial score (nSPS) is 18.0. The van der Waals surface area contributed by atoms with Gasteiger partial charge < -0.3 is 0 Å². The van der Waals surface area contributed by atoms with Crippen molar-refractivity contribution >= 4 is 46.2 Å². The van der Waals surface area contributed by atoms with Crippen LogP contribution in [-0.4, -0.2) is 28.0 Å². The Morgan fingerprint density at radius 2 is 2.04 bits per heavy atom. The van der Waals surface area contributed by atoms with Crippen LogP contribution in [0, 0.1) is 0 Å². The van der Waals surface area contributed by atoms with E-state index in [1.165, 1.54) is 28.4 Å². The van der Waals surface area contributed by atoms with E-state index in [1.54, 1.807) is 19.3 Å². The van der Waals surface area contributed by atoms with E-state index in [0.29, 0.717) is 20.8 Å². The minimum absolute atomic E-state index is 0.0662. The van der Waals surface area contributed by atoms with Gasteiger partial charge in [0.05, 0.1) is 15.6 Å². The van der Waals surface area contributed by atoms with Crippen molar-refractivity contribution in [2.75, 3.05) is 7.05 Å². The lowest BCUT2D eigenvalue weighted by molar-refractivity contribution is -0.121. The van der Waals surface area contributed by atoms with Crippen LogP contribution in [0.4, 0.5) is 5.69 Å². The van der Waals surface area contributed by atoms with Crippen molar-refractivity contribution in [3.05, 3.63) is 63.8 Å². The van der Waals surface area contributed by atoms with Crippen molar-refractivity contribution in [1.29, 1.82) is 0 Å². The van der Waals surface area contributed by atoms with E-state index >= 15 is 0 Å². The molecule has 0 saturated carbocycles. The van der Waals surface area contributed by atoms with Gasteiger partial charge in [0.25, 0.3) is 5.91 Å². The number of thioether (sulfide) groups is 1. The molecule has 0 unspecified atom stereocenters. The van der Waals surface area contributed by atoms with Crippen LogP contribution < -0.4 is 0 Å². The highest BCUT2D eigenvalue weighted by Gasteiger charge is 2.30. The molecule has 1 amide bonds. The molecule has 0 radical (unpaired) electrons. The van der Waals surface area contributed by atoms with Gasteiger partial charge in [-0.25, -0.2) is 4.99 Å². The summed E-state index contributed by atoms with van der Waals surface area (Å²) in [5, 5.41) is 1.06. The summed E-state index contributed by atoms with van der Waals surface area (Å²) in [5.41, 5.74) is 2.87. The highest BCUT2D eigenvalue weighted by molar-refractivity contribution is 8.18. The molecule has 0 atom stereocenters. The molecule has 4 nitrogen and oxygen atoms in total. The van der Waals surface area contributed by atoms with Crippen LogP contribution >= 0.6 is 23.4 Å². The van der Waals surface area contributed by atoms with Crippen LogP contribution in [0.3, 0.4) is 0 Å². The van der Waals surface area contributed by atoms with E-state index in [9.17, 15) is 4.79 Å². The van der Waals surface area contributed by atoms with Crippen molar-refractivity contribution in [1.82, 2.24) is 9.88 Å². The van der Waals surface area contributed by atoms with Gasteiger partial charge >= 0.3 is 0 Å². The zero-order chi connectivity index (χ0) is 17.1. The number of nitrogens with zero attached hydrogens (tertiary/aromatic N) is 3. The topological polar surface area (TPSA) is 45.6 Å². The first-order valence-corrected chi connectivity index (χ1v) is 8.72. The molecule has 6 heteroatoms. The lowest BCUT2D eigenvalue weighted by atomic mass is 10.1. The maximum absolute atomic E-state index is 12.4. The summed E-state index contributed by atoms with van der Waals surface area (Å²) < 4.78 is 0. The number of carbonyl (C=O) groups is 1. The number of halogens is 1. The molecule has 0 aliphatic carbocycles. The van der Waals surface area contributed by atoms with E-state index < -0.39 is 0 Å². The second kappa shape index (κ2) is 7.20. The number of amidine groups is 1. The van der Waals surface area contributed by atoms with Gasteiger partial charge in [-0.3, -0.25) is 14.7 Å². The SMILES string of the molecule is CCc1ccc(/C=C2\SC(=Nc3ccncc3Cl)N(C)C2=O)cc1. The first-order chi connectivity index (χ1) is 11.6. The third-order valence-corrected chi connectivity index (χ3v) is 5.01. The van der Waals surface area contributed by atoms with Crippen LogP contribution in [-0.2, 0) is 11.2 Å². The number of hydrogen-bond donors (Lipinski definition) is 0. The van der Waals surface area contributed by atoms with E-state index in [0.717, 1.165) is 12.0 Å². The molecule has 2 heterocycles. The Balaban J connectivity index is 1.88. The van der Waals surface area contributed by atoms with Gasteiger partial charge in [-0.2, -0.15) is 0 Å². The molecule has 1 aromatic carbocycles. The summed E-state index contributed by atoms with van der Waals surface area (Å²) >= 11 is 7.43. The highest BCUT2D eigenvalue weighted by atomic mass is 35.5. The molecular formula is C18H16ClN3OS. The summed E-state index contributed by atoms with van der Waals surface area (Å²) in [6.45, 7) is 2.12. The average Bonchev–Trinajstić information content (AvgIpc) is 2.86. The van der Waals surface area contributed by atoms with Crippen molar-refractivity contribution < 1.29 is 4.79 Å². The second-order valence-corrected chi connectivity index (χ2v) is 6.71. The molecule has 24 heavy (non-hydrogen) atoms. The van der Waals surface area contributed by atoms with Crippen LogP contribution in [0.1, 0.15) is 18.1 Å². The van der Waals surface area contributed by atoms with E-state index in [-0.39, 0.29) is 5.91 Å². The second-order valence-electron chi connectivity index (χ2n) is 5.29. The Labute approximate surface area is 150 Å². The fraction of sp³-hybridized carbons (Fsp3) is 0.167. The monoisotopic (exact) mass is 357 g/mol. The van der Waals surface area contributed by atoms with Gasteiger partial charge in [0.1, 0.15) is 0 Å². The first kappa shape index (κ1) is 16.7. The Kier molecular flexibility index (Phi) is 5.02. The van der Waals surface area contributed by atoms with Gasteiger partial charge in [0.2, 0.25) is 0 Å². The average molecular weight is 358 g/mol. The maximum Gasteiger partial charge on any atom is 0.266 e. The number of benzene rings is 1. The molecule has 0 bridgehead atoms. The summed E-state index contributed by atoms with van der Waals surface area (Å²) in [4.78, 5) is 23.0. The smallest absolute Gasteiger partial charge is 0.266 e. The molecule has 0 spiro atoms. The Bertz CT molecular complexity index is 830. The number of aliphatic imine (C=N–C) groups is 1. The van der Waals surface area contributed by atoms with E-state index in [4.69, 9.17) is 11.6 Å². The Morgan fingerprint density at radius 1 is 1.29 bits per heavy atom. The zero-order valence-corrected chi connectivity index (χ0v) is 14.9. The molecule has 1 aromatic heterocycles. The predicted molar refractivity (Wildman–Crippen MR) is 101 cm³/mol. The third kappa shape index (κ3) is 3.52. The number of pyridine rings is 1. The summed E-state index contributed by atoms with van der Waals surface area (Å²) in [5.74, 6) is -0.0662. The first-order valence-electron chi connectivity index (χ1n) is 7.53. The summed E-state index contributed by atoms with van der Waals surface area (Å²) in [6, 6.07) is 9.92. The summed E-state index contributed by atoms with van der Waals surface area (Å²) in [6.07, 6.45) is 6.05. The van der Waals surface area contributed by atoms with E-state index in [1.807, 2.05) is 18.2 Å². The zero-order valence-electron chi connectivity index (χ0n) is 13.4. The molecule has 1 fully saturated rings. The van der Waals surface area contributed by atoms with E-state index in [2.05, 4.69) is 29.0 Å². The number of hydrogen-bond acceptors (Lipinski definition) is 4. The number of amides is 1. The number of aryl methyl sites for hydroxylation is 1.